The van der Waals surface area contributed by atoms with Gasteiger partial charge in [0.1, 0.15) is 12.1 Å². The summed E-state index contributed by atoms with van der Waals surface area (Å²) in [5.74, 6) is 1.44. The second kappa shape index (κ2) is 7.92. The van der Waals surface area contributed by atoms with E-state index in [1.807, 2.05) is 17.6 Å². The number of likely N-dealkylation sites (tertiary alicyclic amines) is 1. The molecule has 136 valence electrons. The number of piperidine rings is 1. The van der Waals surface area contributed by atoms with Crippen LogP contribution >= 0.6 is 11.3 Å². The van der Waals surface area contributed by atoms with Crippen molar-refractivity contribution in [1.82, 2.24) is 30.0 Å². The molecular weight excluding hydrogens is 346 g/mol. The van der Waals surface area contributed by atoms with Crippen molar-refractivity contribution in [1.29, 1.82) is 0 Å². The molecule has 4 heterocycles. The molecule has 4 rings (SSSR count). The number of thiazole rings is 1. The topological polar surface area (TPSA) is 82.6 Å². The SMILES string of the molecule is Cc1[nH]ncc1CN1CCC[C@@H](Cc2cc(Nc3nccs3)ncn2)C1. The van der Waals surface area contributed by atoms with Crippen LogP contribution in [0.25, 0.3) is 0 Å². The molecule has 0 radical (unpaired) electrons. The molecule has 0 bridgehead atoms. The highest BCUT2D eigenvalue weighted by Gasteiger charge is 2.21. The van der Waals surface area contributed by atoms with Crippen molar-refractivity contribution < 1.29 is 0 Å². The number of hydrogen-bond acceptors (Lipinski definition) is 7. The molecule has 0 amide bonds. The van der Waals surface area contributed by atoms with E-state index in [2.05, 4.69) is 42.3 Å². The number of aromatic nitrogens is 5. The Morgan fingerprint density at radius 3 is 3.12 bits per heavy atom. The van der Waals surface area contributed by atoms with Crippen LogP contribution < -0.4 is 5.32 Å². The molecule has 2 N–H and O–H groups in total. The molecule has 1 fully saturated rings. The van der Waals surface area contributed by atoms with E-state index in [-0.39, 0.29) is 0 Å². The Hall–Kier alpha value is -2.32. The van der Waals surface area contributed by atoms with Crippen molar-refractivity contribution >= 4 is 22.3 Å². The number of anilines is 2. The largest absolute Gasteiger partial charge is 0.316 e. The highest BCUT2D eigenvalue weighted by Crippen LogP contribution is 2.23. The average molecular weight is 369 g/mol. The zero-order valence-corrected chi connectivity index (χ0v) is 15.7. The van der Waals surface area contributed by atoms with Crippen LogP contribution in [-0.4, -0.2) is 43.1 Å². The summed E-state index contributed by atoms with van der Waals surface area (Å²) in [4.78, 5) is 15.6. The summed E-state index contributed by atoms with van der Waals surface area (Å²) in [7, 11) is 0. The van der Waals surface area contributed by atoms with Gasteiger partial charge in [0, 0.05) is 47.7 Å². The summed E-state index contributed by atoms with van der Waals surface area (Å²) in [6, 6.07) is 2.04. The summed E-state index contributed by atoms with van der Waals surface area (Å²) < 4.78 is 0. The minimum absolute atomic E-state index is 0.624. The quantitative estimate of drug-likeness (QED) is 0.694. The van der Waals surface area contributed by atoms with Gasteiger partial charge < -0.3 is 5.32 Å². The number of rotatable bonds is 6. The summed E-state index contributed by atoms with van der Waals surface area (Å²) in [6.45, 7) is 5.31. The molecule has 0 saturated carbocycles. The van der Waals surface area contributed by atoms with E-state index < -0.39 is 0 Å². The van der Waals surface area contributed by atoms with Crippen LogP contribution in [-0.2, 0) is 13.0 Å². The van der Waals surface area contributed by atoms with E-state index in [0.29, 0.717) is 5.92 Å². The Morgan fingerprint density at radius 2 is 2.31 bits per heavy atom. The average Bonchev–Trinajstić information content (AvgIpc) is 3.28. The molecular formula is C18H23N7S. The molecule has 1 atom stereocenters. The smallest absolute Gasteiger partial charge is 0.188 e. The highest BCUT2D eigenvalue weighted by molar-refractivity contribution is 7.13. The van der Waals surface area contributed by atoms with Crippen molar-refractivity contribution in [2.45, 2.75) is 32.7 Å². The van der Waals surface area contributed by atoms with Crippen LogP contribution in [0.1, 0.15) is 29.8 Å². The van der Waals surface area contributed by atoms with Gasteiger partial charge in [-0.2, -0.15) is 5.10 Å². The first kappa shape index (κ1) is 17.1. The summed E-state index contributed by atoms with van der Waals surface area (Å²) in [6.07, 6.45) is 8.83. The molecule has 0 aromatic carbocycles. The third-order valence-electron chi connectivity index (χ3n) is 4.82. The van der Waals surface area contributed by atoms with E-state index >= 15 is 0 Å². The second-order valence-electron chi connectivity index (χ2n) is 6.82. The number of aromatic amines is 1. The van der Waals surface area contributed by atoms with Crippen LogP contribution in [0, 0.1) is 12.8 Å². The predicted octanol–water partition coefficient (Wildman–Crippen LogP) is 3.16. The van der Waals surface area contributed by atoms with Gasteiger partial charge in [-0.05, 0) is 38.6 Å². The Labute approximate surface area is 156 Å². The lowest BCUT2D eigenvalue weighted by molar-refractivity contribution is 0.166. The van der Waals surface area contributed by atoms with Crippen molar-refractivity contribution in [3.63, 3.8) is 0 Å². The number of nitrogens with one attached hydrogen (secondary N) is 2. The fourth-order valence-electron chi connectivity index (χ4n) is 3.51. The van der Waals surface area contributed by atoms with Gasteiger partial charge in [-0.3, -0.25) is 10.00 Å². The van der Waals surface area contributed by atoms with Crippen LogP contribution in [0.4, 0.5) is 10.9 Å². The van der Waals surface area contributed by atoms with Crippen molar-refractivity contribution in [2.75, 3.05) is 18.4 Å². The maximum Gasteiger partial charge on any atom is 0.188 e. The van der Waals surface area contributed by atoms with Crippen molar-refractivity contribution in [3.05, 3.63) is 47.1 Å². The van der Waals surface area contributed by atoms with Crippen LogP contribution in [0.15, 0.2) is 30.2 Å². The van der Waals surface area contributed by atoms with Gasteiger partial charge in [0.05, 0.1) is 6.20 Å². The van der Waals surface area contributed by atoms with E-state index in [4.69, 9.17) is 0 Å². The fourth-order valence-corrected chi connectivity index (χ4v) is 4.04. The van der Waals surface area contributed by atoms with Gasteiger partial charge in [-0.15, -0.1) is 11.3 Å². The lowest BCUT2D eigenvalue weighted by atomic mass is 9.93. The monoisotopic (exact) mass is 369 g/mol. The molecule has 7 nitrogen and oxygen atoms in total. The van der Waals surface area contributed by atoms with Gasteiger partial charge >= 0.3 is 0 Å². The minimum atomic E-state index is 0.624. The third-order valence-corrected chi connectivity index (χ3v) is 5.51. The first-order chi connectivity index (χ1) is 12.8. The number of hydrogen-bond donors (Lipinski definition) is 2. The lowest BCUT2D eigenvalue weighted by Gasteiger charge is -2.32. The minimum Gasteiger partial charge on any atom is -0.316 e. The second-order valence-corrected chi connectivity index (χ2v) is 7.72. The van der Waals surface area contributed by atoms with Crippen molar-refractivity contribution in [3.8, 4) is 0 Å². The molecule has 0 spiro atoms. The van der Waals surface area contributed by atoms with Crippen molar-refractivity contribution in [2.24, 2.45) is 5.92 Å². The Kier molecular flexibility index (Phi) is 5.21. The number of nitrogens with zero attached hydrogens (tertiary/aromatic N) is 5. The van der Waals surface area contributed by atoms with Gasteiger partial charge in [0.2, 0.25) is 0 Å². The van der Waals surface area contributed by atoms with Gasteiger partial charge in [-0.1, -0.05) is 0 Å². The Bertz CT molecular complexity index is 830. The lowest BCUT2D eigenvalue weighted by Crippen LogP contribution is -2.35. The molecule has 1 aliphatic heterocycles. The Morgan fingerprint density at radius 1 is 1.35 bits per heavy atom. The van der Waals surface area contributed by atoms with Crippen LogP contribution in [0.2, 0.25) is 0 Å². The van der Waals surface area contributed by atoms with E-state index in [1.54, 1.807) is 23.9 Å². The fraction of sp³-hybridized carbons (Fsp3) is 0.444. The zero-order chi connectivity index (χ0) is 17.8. The number of H-pyrrole nitrogens is 1. The van der Waals surface area contributed by atoms with Gasteiger partial charge in [-0.25, -0.2) is 15.0 Å². The summed E-state index contributed by atoms with van der Waals surface area (Å²) in [5.41, 5.74) is 3.55. The molecule has 26 heavy (non-hydrogen) atoms. The summed E-state index contributed by atoms with van der Waals surface area (Å²) >= 11 is 1.57. The maximum absolute atomic E-state index is 4.48. The normalized spacial score (nSPS) is 18.1. The standard InChI is InChI=1S/C18H23N7S/c1-13-15(9-22-24-13)11-25-5-2-3-14(10-25)7-16-8-17(21-12-20-16)23-18-19-4-6-26-18/h4,6,8-9,12,14H,2-3,5,7,10-11H2,1H3,(H,22,24)(H,19,20,21,23)/t14-/m0/s1. The molecule has 8 heteroatoms. The first-order valence-corrected chi connectivity index (χ1v) is 9.83. The summed E-state index contributed by atoms with van der Waals surface area (Å²) in [5, 5.41) is 13.2. The molecule has 1 saturated heterocycles. The highest BCUT2D eigenvalue weighted by atomic mass is 32.1. The molecule has 0 unspecified atom stereocenters. The van der Waals surface area contributed by atoms with E-state index in [1.165, 1.54) is 24.1 Å². The number of aryl methyl sites for hydroxylation is 1. The third kappa shape index (κ3) is 4.25. The molecule has 1 aliphatic rings. The van der Waals surface area contributed by atoms with Gasteiger partial charge in [0.15, 0.2) is 5.13 Å². The van der Waals surface area contributed by atoms with E-state index in [9.17, 15) is 0 Å². The van der Waals surface area contributed by atoms with E-state index in [0.717, 1.165) is 42.7 Å². The van der Waals surface area contributed by atoms with Crippen LogP contribution in [0.5, 0.6) is 0 Å². The predicted molar refractivity (Wildman–Crippen MR) is 102 cm³/mol. The maximum atomic E-state index is 4.48. The Balaban J connectivity index is 1.36. The van der Waals surface area contributed by atoms with Gasteiger partial charge in [0.25, 0.3) is 0 Å². The molecule has 0 aliphatic carbocycles. The molecule has 3 aromatic rings. The molecule has 3 aromatic heterocycles. The zero-order valence-electron chi connectivity index (χ0n) is 14.9. The first-order valence-electron chi connectivity index (χ1n) is 8.95. The van der Waals surface area contributed by atoms with Crippen LogP contribution in [0.3, 0.4) is 0 Å².